The van der Waals surface area contributed by atoms with Gasteiger partial charge in [0.1, 0.15) is 0 Å². The number of aryl methyl sites for hydroxylation is 1. The van der Waals surface area contributed by atoms with Crippen molar-refractivity contribution in [3.05, 3.63) is 58.6 Å². The van der Waals surface area contributed by atoms with Crippen molar-refractivity contribution in [3.8, 4) is 0 Å². The molecular formula is C19H19BrN2O2. The first kappa shape index (κ1) is 16.7. The van der Waals surface area contributed by atoms with Crippen LogP contribution in [-0.2, 0) is 16.0 Å². The Hall–Kier alpha value is -2.14. The van der Waals surface area contributed by atoms with E-state index in [1.165, 1.54) is 0 Å². The number of rotatable bonds is 4. The van der Waals surface area contributed by atoms with Crippen molar-refractivity contribution >= 4 is 39.1 Å². The molecule has 1 fully saturated rings. The van der Waals surface area contributed by atoms with Gasteiger partial charge in [-0.05, 0) is 46.1 Å². The van der Waals surface area contributed by atoms with Crippen LogP contribution >= 0.6 is 15.9 Å². The Bertz CT molecular complexity index is 775. The minimum Gasteiger partial charge on any atom is -0.326 e. The first-order valence-corrected chi connectivity index (χ1v) is 8.83. The highest BCUT2D eigenvalue weighted by molar-refractivity contribution is 9.10. The molecule has 2 aromatic carbocycles. The number of hydrogen-bond acceptors (Lipinski definition) is 2. The smallest absolute Gasteiger partial charge is 0.229 e. The maximum Gasteiger partial charge on any atom is 0.229 e. The van der Waals surface area contributed by atoms with Crippen LogP contribution in [-0.4, -0.2) is 18.4 Å². The van der Waals surface area contributed by atoms with Gasteiger partial charge in [0, 0.05) is 23.1 Å². The van der Waals surface area contributed by atoms with Crippen molar-refractivity contribution in [2.45, 2.75) is 19.8 Å². The van der Waals surface area contributed by atoms with Crippen LogP contribution in [0, 0.1) is 5.92 Å². The van der Waals surface area contributed by atoms with E-state index < -0.39 is 0 Å². The Morgan fingerprint density at radius 1 is 1.21 bits per heavy atom. The summed E-state index contributed by atoms with van der Waals surface area (Å²) in [5.41, 5.74) is 2.74. The highest BCUT2D eigenvalue weighted by Crippen LogP contribution is 2.31. The molecule has 0 spiro atoms. The van der Waals surface area contributed by atoms with Crippen LogP contribution in [0.5, 0.6) is 0 Å². The minimum atomic E-state index is -0.338. The summed E-state index contributed by atoms with van der Waals surface area (Å²) in [6.45, 7) is 2.46. The molecule has 1 N–H and O–H groups in total. The third-order valence-electron chi connectivity index (χ3n) is 4.30. The van der Waals surface area contributed by atoms with E-state index >= 15 is 0 Å². The zero-order chi connectivity index (χ0) is 17.1. The molecule has 4 nitrogen and oxygen atoms in total. The number of anilines is 2. The van der Waals surface area contributed by atoms with E-state index in [-0.39, 0.29) is 24.2 Å². The van der Waals surface area contributed by atoms with Crippen molar-refractivity contribution in [2.24, 2.45) is 5.92 Å². The standard InChI is InChI=1S/C19H19BrN2O2/c1-2-13-7-3-5-9-16(13)21-19(24)14-11-18(23)22(12-14)17-10-6-4-8-15(17)20/h3-10,14H,2,11-12H2,1H3,(H,21,24)/t14-/m1/s1. The number of nitrogens with zero attached hydrogens (tertiary/aromatic N) is 1. The number of nitrogens with one attached hydrogen (secondary N) is 1. The van der Waals surface area contributed by atoms with Crippen LogP contribution in [0.15, 0.2) is 53.0 Å². The van der Waals surface area contributed by atoms with Crippen LogP contribution in [0.2, 0.25) is 0 Å². The number of carbonyl (C=O) groups is 2. The molecule has 124 valence electrons. The van der Waals surface area contributed by atoms with Gasteiger partial charge < -0.3 is 10.2 Å². The molecule has 1 atom stereocenters. The SMILES string of the molecule is CCc1ccccc1NC(=O)[C@@H]1CC(=O)N(c2ccccc2Br)C1. The molecular weight excluding hydrogens is 368 g/mol. The third kappa shape index (κ3) is 3.36. The molecule has 1 aliphatic heterocycles. The monoisotopic (exact) mass is 386 g/mol. The summed E-state index contributed by atoms with van der Waals surface area (Å²) in [5.74, 6) is -0.459. The molecule has 1 saturated heterocycles. The van der Waals surface area contributed by atoms with Crippen LogP contribution < -0.4 is 10.2 Å². The van der Waals surface area contributed by atoms with E-state index in [1.54, 1.807) is 4.90 Å². The maximum atomic E-state index is 12.6. The number of carbonyl (C=O) groups excluding carboxylic acids is 2. The van der Waals surface area contributed by atoms with E-state index in [4.69, 9.17) is 0 Å². The molecule has 2 aromatic rings. The molecule has 0 saturated carbocycles. The lowest BCUT2D eigenvalue weighted by molar-refractivity contribution is -0.122. The van der Waals surface area contributed by atoms with E-state index in [0.29, 0.717) is 6.54 Å². The molecule has 0 bridgehead atoms. The summed E-state index contributed by atoms with van der Waals surface area (Å²) < 4.78 is 0.857. The second kappa shape index (κ2) is 7.18. The van der Waals surface area contributed by atoms with Crippen LogP contribution in [0.3, 0.4) is 0 Å². The van der Waals surface area contributed by atoms with Crippen molar-refractivity contribution in [3.63, 3.8) is 0 Å². The van der Waals surface area contributed by atoms with Gasteiger partial charge in [-0.1, -0.05) is 37.3 Å². The van der Waals surface area contributed by atoms with E-state index in [2.05, 4.69) is 28.2 Å². The number of halogens is 1. The van der Waals surface area contributed by atoms with Gasteiger partial charge in [0.2, 0.25) is 11.8 Å². The fourth-order valence-corrected chi connectivity index (χ4v) is 3.47. The second-order valence-corrected chi connectivity index (χ2v) is 6.71. The lowest BCUT2D eigenvalue weighted by atomic mass is 10.1. The predicted octanol–water partition coefficient (Wildman–Crippen LogP) is 4.00. The number of benzene rings is 2. The molecule has 5 heteroatoms. The molecule has 1 aliphatic rings. The molecule has 0 unspecified atom stereocenters. The van der Waals surface area contributed by atoms with Gasteiger partial charge in [0.05, 0.1) is 11.6 Å². The Kier molecular flexibility index (Phi) is 5.00. The molecule has 0 aromatic heterocycles. The highest BCUT2D eigenvalue weighted by Gasteiger charge is 2.35. The summed E-state index contributed by atoms with van der Waals surface area (Å²) in [7, 11) is 0. The average molecular weight is 387 g/mol. The van der Waals surface area contributed by atoms with Crippen molar-refractivity contribution in [1.29, 1.82) is 0 Å². The van der Waals surface area contributed by atoms with Crippen LogP contribution in [0.1, 0.15) is 18.9 Å². The van der Waals surface area contributed by atoms with Gasteiger partial charge in [0.15, 0.2) is 0 Å². The molecule has 0 aliphatic carbocycles. The second-order valence-electron chi connectivity index (χ2n) is 5.86. The van der Waals surface area contributed by atoms with E-state index in [0.717, 1.165) is 27.8 Å². The van der Waals surface area contributed by atoms with Gasteiger partial charge >= 0.3 is 0 Å². The summed E-state index contributed by atoms with van der Waals surface area (Å²) in [6.07, 6.45) is 1.09. The average Bonchev–Trinajstić information content (AvgIpc) is 2.97. The molecule has 2 amide bonds. The van der Waals surface area contributed by atoms with Crippen molar-refractivity contribution in [1.82, 2.24) is 0 Å². The first-order valence-electron chi connectivity index (χ1n) is 8.03. The van der Waals surface area contributed by atoms with Gasteiger partial charge in [0.25, 0.3) is 0 Å². The Balaban J connectivity index is 1.74. The molecule has 24 heavy (non-hydrogen) atoms. The lowest BCUT2D eigenvalue weighted by Crippen LogP contribution is -2.28. The Morgan fingerprint density at radius 2 is 1.92 bits per heavy atom. The van der Waals surface area contributed by atoms with Crippen molar-refractivity contribution in [2.75, 3.05) is 16.8 Å². The van der Waals surface area contributed by atoms with Gasteiger partial charge in [-0.15, -0.1) is 0 Å². The zero-order valence-corrected chi connectivity index (χ0v) is 15.0. The first-order chi connectivity index (χ1) is 11.6. The van der Waals surface area contributed by atoms with E-state index in [9.17, 15) is 9.59 Å². The normalized spacial score (nSPS) is 17.2. The van der Waals surface area contributed by atoms with Gasteiger partial charge in [-0.2, -0.15) is 0 Å². The highest BCUT2D eigenvalue weighted by atomic mass is 79.9. The largest absolute Gasteiger partial charge is 0.326 e. The third-order valence-corrected chi connectivity index (χ3v) is 4.97. The van der Waals surface area contributed by atoms with Crippen molar-refractivity contribution < 1.29 is 9.59 Å². The fourth-order valence-electron chi connectivity index (χ4n) is 2.97. The molecule has 1 heterocycles. The number of para-hydroxylation sites is 2. The lowest BCUT2D eigenvalue weighted by Gasteiger charge is -2.18. The zero-order valence-electron chi connectivity index (χ0n) is 13.5. The van der Waals surface area contributed by atoms with Crippen LogP contribution in [0.4, 0.5) is 11.4 Å². The predicted molar refractivity (Wildman–Crippen MR) is 99.1 cm³/mol. The Labute approximate surface area is 150 Å². The summed E-state index contributed by atoms with van der Waals surface area (Å²) >= 11 is 3.47. The molecule has 0 radical (unpaired) electrons. The minimum absolute atomic E-state index is 0.0224. The fraction of sp³-hybridized carbons (Fsp3) is 0.263. The Morgan fingerprint density at radius 3 is 2.67 bits per heavy atom. The maximum absolute atomic E-state index is 12.6. The van der Waals surface area contributed by atoms with Crippen LogP contribution in [0.25, 0.3) is 0 Å². The topological polar surface area (TPSA) is 49.4 Å². The van der Waals surface area contributed by atoms with Gasteiger partial charge in [-0.3, -0.25) is 9.59 Å². The molecule has 3 rings (SSSR count). The van der Waals surface area contributed by atoms with E-state index in [1.807, 2.05) is 48.5 Å². The summed E-state index contributed by atoms with van der Waals surface area (Å²) in [5, 5.41) is 2.98. The quantitative estimate of drug-likeness (QED) is 0.862. The summed E-state index contributed by atoms with van der Waals surface area (Å²) in [6, 6.07) is 15.3. The summed E-state index contributed by atoms with van der Waals surface area (Å²) in [4.78, 5) is 26.6. The number of hydrogen-bond donors (Lipinski definition) is 1. The van der Waals surface area contributed by atoms with Gasteiger partial charge in [-0.25, -0.2) is 0 Å². The number of amides is 2.